The molecule has 28 heavy (non-hydrogen) atoms. The highest BCUT2D eigenvalue weighted by Crippen LogP contribution is 2.29. The summed E-state index contributed by atoms with van der Waals surface area (Å²) in [6, 6.07) is 12.8. The van der Waals surface area contributed by atoms with Crippen LogP contribution in [0.4, 0.5) is 5.69 Å². The van der Waals surface area contributed by atoms with Gasteiger partial charge in [-0.3, -0.25) is 4.79 Å². The quantitative estimate of drug-likeness (QED) is 0.539. The van der Waals surface area contributed by atoms with Gasteiger partial charge in [-0.25, -0.2) is 4.99 Å². The Labute approximate surface area is 166 Å². The molecule has 2 aromatic rings. The smallest absolute Gasteiger partial charge is 0.253 e. The molecule has 0 saturated heterocycles. The van der Waals surface area contributed by atoms with Gasteiger partial charge in [0.15, 0.2) is 5.96 Å². The Morgan fingerprint density at radius 2 is 1.75 bits per heavy atom. The van der Waals surface area contributed by atoms with Crippen LogP contribution in [0.2, 0.25) is 0 Å². The number of carbonyl (C=O) groups is 1. The summed E-state index contributed by atoms with van der Waals surface area (Å²) in [6.45, 7) is 5.35. The van der Waals surface area contributed by atoms with Crippen molar-refractivity contribution in [2.45, 2.75) is 20.4 Å². The molecule has 0 aliphatic rings. The Kier molecular flexibility index (Phi) is 7.68. The van der Waals surface area contributed by atoms with Crippen molar-refractivity contribution in [2.24, 2.45) is 10.7 Å². The molecule has 0 bridgehead atoms. The van der Waals surface area contributed by atoms with E-state index in [1.807, 2.05) is 44.2 Å². The van der Waals surface area contributed by atoms with Crippen LogP contribution in [-0.2, 0) is 6.54 Å². The predicted octanol–water partition coefficient (Wildman–Crippen LogP) is 3.11. The number of amides is 1. The number of guanidine groups is 1. The minimum atomic E-state index is -0.0335. The number of aliphatic imine (C=N–C) groups is 1. The van der Waals surface area contributed by atoms with Crippen molar-refractivity contribution >= 4 is 17.6 Å². The number of hydrogen-bond acceptors (Lipinski definition) is 4. The van der Waals surface area contributed by atoms with E-state index >= 15 is 0 Å². The molecule has 0 unspecified atom stereocenters. The second kappa shape index (κ2) is 10.2. The first kappa shape index (κ1) is 21.1. The SMILES string of the molecule is CCOc1ccc(OCC)c(NC(N)=NCc2ccc(C(=O)N(C)C)cc2)c1. The molecule has 2 rings (SSSR count). The van der Waals surface area contributed by atoms with Gasteiger partial charge in [-0.15, -0.1) is 0 Å². The number of nitrogens with one attached hydrogen (secondary N) is 1. The summed E-state index contributed by atoms with van der Waals surface area (Å²) in [6.07, 6.45) is 0. The Bertz CT molecular complexity index is 817. The highest BCUT2D eigenvalue weighted by atomic mass is 16.5. The highest BCUT2D eigenvalue weighted by molar-refractivity contribution is 5.94. The molecule has 0 saturated carbocycles. The first-order valence-corrected chi connectivity index (χ1v) is 9.21. The molecule has 7 heteroatoms. The summed E-state index contributed by atoms with van der Waals surface area (Å²) >= 11 is 0. The molecule has 0 heterocycles. The molecule has 2 aromatic carbocycles. The summed E-state index contributed by atoms with van der Waals surface area (Å²) in [4.78, 5) is 17.8. The molecule has 150 valence electrons. The summed E-state index contributed by atoms with van der Waals surface area (Å²) in [5.74, 6) is 1.63. The van der Waals surface area contributed by atoms with E-state index in [-0.39, 0.29) is 11.9 Å². The highest BCUT2D eigenvalue weighted by Gasteiger charge is 2.08. The lowest BCUT2D eigenvalue weighted by atomic mass is 10.1. The fourth-order valence-electron chi connectivity index (χ4n) is 2.51. The van der Waals surface area contributed by atoms with Gasteiger partial charge in [0.25, 0.3) is 5.91 Å². The van der Waals surface area contributed by atoms with E-state index in [0.29, 0.717) is 36.8 Å². The zero-order valence-electron chi connectivity index (χ0n) is 16.9. The molecule has 0 atom stereocenters. The average molecular weight is 384 g/mol. The molecule has 0 aromatic heterocycles. The van der Waals surface area contributed by atoms with Crippen molar-refractivity contribution in [3.8, 4) is 11.5 Å². The number of hydrogen-bond donors (Lipinski definition) is 2. The lowest BCUT2D eigenvalue weighted by Crippen LogP contribution is -2.23. The van der Waals surface area contributed by atoms with Crippen LogP contribution in [0.1, 0.15) is 29.8 Å². The van der Waals surface area contributed by atoms with Crippen molar-refractivity contribution in [1.29, 1.82) is 0 Å². The number of nitrogens with zero attached hydrogens (tertiary/aromatic N) is 2. The minimum Gasteiger partial charge on any atom is -0.494 e. The van der Waals surface area contributed by atoms with Crippen LogP contribution < -0.4 is 20.5 Å². The number of anilines is 1. The lowest BCUT2D eigenvalue weighted by Gasteiger charge is -2.14. The average Bonchev–Trinajstić information content (AvgIpc) is 2.68. The standard InChI is InChI=1S/C21H28N4O3/c1-5-27-17-11-12-19(28-6-2)18(13-17)24-21(22)23-14-15-7-9-16(10-8-15)20(26)25(3)4/h7-13H,5-6,14H2,1-4H3,(H3,22,23,24). The van der Waals surface area contributed by atoms with Gasteiger partial charge in [0.1, 0.15) is 11.5 Å². The Hall–Kier alpha value is -3.22. The van der Waals surface area contributed by atoms with Crippen molar-refractivity contribution in [3.05, 3.63) is 53.6 Å². The molecule has 0 fully saturated rings. The second-order valence-electron chi connectivity index (χ2n) is 6.25. The van der Waals surface area contributed by atoms with E-state index in [9.17, 15) is 4.79 Å². The van der Waals surface area contributed by atoms with Crippen LogP contribution >= 0.6 is 0 Å². The molecular formula is C21H28N4O3. The molecule has 0 aliphatic heterocycles. The topological polar surface area (TPSA) is 89.2 Å². The van der Waals surface area contributed by atoms with Gasteiger partial charge in [-0.05, 0) is 43.7 Å². The fourth-order valence-corrected chi connectivity index (χ4v) is 2.51. The van der Waals surface area contributed by atoms with Gasteiger partial charge >= 0.3 is 0 Å². The van der Waals surface area contributed by atoms with E-state index < -0.39 is 0 Å². The summed E-state index contributed by atoms with van der Waals surface area (Å²) in [5, 5.41) is 3.07. The van der Waals surface area contributed by atoms with Crippen LogP contribution in [0.25, 0.3) is 0 Å². The number of rotatable bonds is 8. The Balaban J connectivity index is 2.07. The van der Waals surface area contributed by atoms with E-state index in [2.05, 4.69) is 10.3 Å². The maximum absolute atomic E-state index is 11.9. The zero-order valence-corrected chi connectivity index (χ0v) is 16.9. The van der Waals surface area contributed by atoms with Gasteiger partial charge < -0.3 is 25.4 Å². The van der Waals surface area contributed by atoms with Crippen molar-refractivity contribution in [1.82, 2.24) is 4.90 Å². The van der Waals surface area contributed by atoms with Crippen molar-refractivity contribution in [3.63, 3.8) is 0 Å². The van der Waals surface area contributed by atoms with E-state index in [1.54, 1.807) is 31.1 Å². The maximum Gasteiger partial charge on any atom is 0.253 e. The van der Waals surface area contributed by atoms with E-state index in [4.69, 9.17) is 15.2 Å². The predicted molar refractivity (Wildman–Crippen MR) is 112 cm³/mol. The summed E-state index contributed by atoms with van der Waals surface area (Å²) in [5.41, 5.74) is 8.33. The normalized spacial score (nSPS) is 11.1. The van der Waals surface area contributed by atoms with Crippen LogP contribution in [0.15, 0.2) is 47.5 Å². The largest absolute Gasteiger partial charge is 0.494 e. The van der Waals surface area contributed by atoms with Gasteiger partial charge in [0.2, 0.25) is 0 Å². The molecular weight excluding hydrogens is 356 g/mol. The molecule has 3 N–H and O–H groups in total. The van der Waals surface area contributed by atoms with Crippen molar-refractivity contribution < 1.29 is 14.3 Å². The van der Waals surface area contributed by atoms with Crippen LogP contribution in [0.5, 0.6) is 11.5 Å². The van der Waals surface area contributed by atoms with E-state index in [0.717, 1.165) is 11.3 Å². The third-order valence-corrected chi connectivity index (χ3v) is 3.86. The third kappa shape index (κ3) is 5.90. The minimum absolute atomic E-state index is 0.0335. The number of nitrogens with two attached hydrogens (primary N) is 1. The summed E-state index contributed by atoms with van der Waals surface area (Å²) < 4.78 is 11.2. The Morgan fingerprint density at radius 1 is 1.07 bits per heavy atom. The monoisotopic (exact) mass is 384 g/mol. The lowest BCUT2D eigenvalue weighted by molar-refractivity contribution is 0.0827. The third-order valence-electron chi connectivity index (χ3n) is 3.86. The van der Waals surface area contributed by atoms with Crippen LogP contribution in [0, 0.1) is 0 Å². The number of benzene rings is 2. The zero-order chi connectivity index (χ0) is 20.5. The van der Waals surface area contributed by atoms with Crippen molar-refractivity contribution in [2.75, 3.05) is 32.6 Å². The van der Waals surface area contributed by atoms with Gasteiger partial charge in [0, 0.05) is 25.7 Å². The van der Waals surface area contributed by atoms with Gasteiger partial charge in [-0.2, -0.15) is 0 Å². The number of carbonyl (C=O) groups excluding carboxylic acids is 1. The fraction of sp³-hybridized carbons (Fsp3) is 0.333. The molecule has 1 amide bonds. The van der Waals surface area contributed by atoms with Crippen LogP contribution in [-0.4, -0.2) is 44.1 Å². The second-order valence-corrected chi connectivity index (χ2v) is 6.25. The first-order chi connectivity index (χ1) is 13.4. The Morgan fingerprint density at radius 3 is 2.36 bits per heavy atom. The summed E-state index contributed by atoms with van der Waals surface area (Å²) in [7, 11) is 3.45. The molecule has 7 nitrogen and oxygen atoms in total. The molecule has 0 aliphatic carbocycles. The maximum atomic E-state index is 11.9. The van der Waals surface area contributed by atoms with Gasteiger partial charge in [0.05, 0.1) is 25.4 Å². The molecule has 0 spiro atoms. The first-order valence-electron chi connectivity index (χ1n) is 9.21. The molecule has 0 radical (unpaired) electrons. The van der Waals surface area contributed by atoms with Crippen LogP contribution in [0.3, 0.4) is 0 Å². The van der Waals surface area contributed by atoms with E-state index in [1.165, 1.54) is 0 Å². The number of ether oxygens (including phenoxy) is 2. The van der Waals surface area contributed by atoms with Gasteiger partial charge in [-0.1, -0.05) is 12.1 Å².